The zero-order valence-electron chi connectivity index (χ0n) is 18.5. The molecule has 2 amide bonds. The molecule has 2 aromatic rings. The fourth-order valence-corrected chi connectivity index (χ4v) is 3.57. The van der Waals surface area contributed by atoms with Gasteiger partial charge in [-0.2, -0.15) is 0 Å². The lowest BCUT2D eigenvalue weighted by Gasteiger charge is -2.14. The van der Waals surface area contributed by atoms with Crippen molar-refractivity contribution in [1.29, 1.82) is 0 Å². The maximum Gasteiger partial charge on any atom is 0.258 e. The number of aliphatic imine (C=N–C) groups is 2. The van der Waals surface area contributed by atoms with Crippen molar-refractivity contribution in [2.75, 3.05) is 25.5 Å². The lowest BCUT2D eigenvalue weighted by atomic mass is 10.1. The van der Waals surface area contributed by atoms with E-state index in [1.165, 1.54) is 18.2 Å². The van der Waals surface area contributed by atoms with Crippen LogP contribution in [0.25, 0.3) is 0 Å². The fourth-order valence-electron chi connectivity index (χ4n) is 3.07. The van der Waals surface area contributed by atoms with Crippen molar-refractivity contribution in [3.63, 3.8) is 0 Å². The number of nitrogens with zero attached hydrogens (tertiary/aromatic N) is 3. The van der Waals surface area contributed by atoms with Crippen molar-refractivity contribution < 1.29 is 9.59 Å². The molecule has 0 bridgehead atoms. The Bertz CT molecular complexity index is 1230. The maximum atomic E-state index is 13.0. The average molecular weight is 519 g/mol. The van der Waals surface area contributed by atoms with E-state index in [4.69, 9.17) is 34.8 Å². The topological polar surface area (TPSA) is 85.9 Å². The first-order chi connectivity index (χ1) is 16.2. The first-order valence-corrected chi connectivity index (χ1v) is 11.3. The Balaban J connectivity index is 1.84. The maximum absolute atomic E-state index is 13.0. The monoisotopic (exact) mass is 517 g/mol. The molecular formula is C24H22Cl3N5O2. The molecule has 2 aromatic carbocycles. The molecule has 0 radical (unpaired) electrons. The number of hydrogen-bond donors (Lipinski definition) is 2. The van der Waals surface area contributed by atoms with Crippen LogP contribution in [0, 0.1) is 0 Å². The van der Waals surface area contributed by atoms with Crippen molar-refractivity contribution in [2.24, 2.45) is 9.98 Å². The number of benzene rings is 2. The number of halogens is 3. The van der Waals surface area contributed by atoms with E-state index < -0.39 is 11.8 Å². The Morgan fingerprint density at radius 3 is 2.38 bits per heavy atom. The largest absolute Gasteiger partial charge is 0.353 e. The molecule has 0 spiro atoms. The molecule has 176 valence electrons. The quantitative estimate of drug-likeness (QED) is 0.224. The first-order valence-electron chi connectivity index (χ1n) is 10.2. The van der Waals surface area contributed by atoms with Crippen molar-refractivity contribution in [3.8, 4) is 0 Å². The third-order valence-electron chi connectivity index (χ3n) is 4.79. The smallest absolute Gasteiger partial charge is 0.258 e. The van der Waals surface area contributed by atoms with Gasteiger partial charge in [0.05, 0.1) is 21.8 Å². The highest BCUT2D eigenvalue weighted by atomic mass is 35.5. The van der Waals surface area contributed by atoms with Crippen molar-refractivity contribution in [1.82, 2.24) is 10.2 Å². The third kappa shape index (κ3) is 6.47. The summed E-state index contributed by atoms with van der Waals surface area (Å²) in [5, 5.41) is 6.43. The van der Waals surface area contributed by atoms with Gasteiger partial charge in [-0.05, 0) is 56.1 Å². The van der Waals surface area contributed by atoms with Crippen LogP contribution in [0.2, 0.25) is 10.0 Å². The molecule has 0 atom stereocenters. The summed E-state index contributed by atoms with van der Waals surface area (Å²) in [5.74, 6) is -0.0150. The van der Waals surface area contributed by atoms with Gasteiger partial charge in [-0.25, -0.2) is 4.99 Å². The number of nitrogens with one attached hydrogen (secondary N) is 2. The summed E-state index contributed by atoms with van der Waals surface area (Å²) in [4.78, 5) is 36.0. The molecule has 7 nitrogen and oxygen atoms in total. The van der Waals surface area contributed by atoms with Gasteiger partial charge in [0.1, 0.15) is 11.7 Å². The zero-order chi connectivity index (χ0) is 24.8. The van der Waals surface area contributed by atoms with Gasteiger partial charge in [0.2, 0.25) is 0 Å². The van der Waals surface area contributed by atoms with Crippen LogP contribution in [0.3, 0.4) is 0 Å². The van der Waals surface area contributed by atoms with Gasteiger partial charge < -0.3 is 15.5 Å². The zero-order valence-corrected chi connectivity index (χ0v) is 20.8. The van der Waals surface area contributed by atoms with Crippen LogP contribution in [0.5, 0.6) is 0 Å². The van der Waals surface area contributed by atoms with Gasteiger partial charge in [0.25, 0.3) is 11.8 Å². The van der Waals surface area contributed by atoms with E-state index in [1.54, 1.807) is 44.3 Å². The van der Waals surface area contributed by atoms with Gasteiger partial charge >= 0.3 is 0 Å². The Hall–Kier alpha value is -3.13. The van der Waals surface area contributed by atoms with Crippen LogP contribution in [0.15, 0.2) is 69.4 Å². The Kier molecular flexibility index (Phi) is 8.50. The highest BCUT2D eigenvalue weighted by molar-refractivity contribution is 6.35. The van der Waals surface area contributed by atoms with Crippen LogP contribution in [-0.2, 0) is 0 Å². The summed E-state index contributed by atoms with van der Waals surface area (Å²) >= 11 is 18.3. The molecule has 34 heavy (non-hydrogen) atoms. The molecule has 1 aliphatic rings. The minimum atomic E-state index is -0.541. The van der Waals surface area contributed by atoms with E-state index in [2.05, 4.69) is 32.2 Å². The molecule has 1 aliphatic heterocycles. The van der Waals surface area contributed by atoms with Crippen molar-refractivity contribution in [2.45, 2.75) is 6.92 Å². The highest BCUT2D eigenvalue weighted by Gasteiger charge is 2.24. The molecule has 2 N–H and O–H groups in total. The number of carbonyl (C=O) groups is 2. The Morgan fingerprint density at radius 1 is 1.06 bits per heavy atom. The Labute approximate surface area is 212 Å². The summed E-state index contributed by atoms with van der Waals surface area (Å²) in [6.45, 7) is 7.00. The van der Waals surface area contributed by atoms with Crippen LogP contribution < -0.4 is 10.6 Å². The number of allylic oxidation sites excluding steroid dienone is 3. The van der Waals surface area contributed by atoms with E-state index in [0.717, 1.165) is 24.5 Å². The van der Waals surface area contributed by atoms with Gasteiger partial charge in [-0.15, -0.1) is 0 Å². The summed E-state index contributed by atoms with van der Waals surface area (Å²) in [6, 6.07) is 9.65. The van der Waals surface area contributed by atoms with Gasteiger partial charge in [-0.1, -0.05) is 40.9 Å². The predicted octanol–water partition coefficient (Wildman–Crippen LogP) is 5.35. The minimum absolute atomic E-state index is 0.136. The van der Waals surface area contributed by atoms with Crippen molar-refractivity contribution in [3.05, 3.63) is 86.1 Å². The lowest BCUT2D eigenvalue weighted by molar-refractivity contribution is 0.0966. The van der Waals surface area contributed by atoms with E-state index in [-0.39, 0.29) is 27.7 Å². The predicted molar refractivity (Wildman–Crippen MR) is 140 cm³/mol. The molecule has 0 unspecified atom stereocenters. The SMILES string of the molecule is C=N/C(=C\C=C(/C)Cl)NC(=O)c1cc(Cl)ccc1NC(=O)c1ccc(/C(=N/C)N2CC2)cc1Cl. The fraction of sp³-hybridized carbons (Fsp3) is 0.167. The molecule has 10 heteroatoms. The second-order valence-corrected chi connectivity index (χ2v) is 8.73. The van der Waals surface area contributed by atoms with E-state index in [9.17, 15) is 9.59 Å². The van der Waals surface area contributed by atoms with Gasteiger partial charge in [-0.3, -0.25) is 14.6 Å². The van der Waals surface area contributed by atoms with E-state index in [0.29, 0.717) is 10.1 Å². The summed E-state index contributed by atoms with van der Waals surface area (Å²) in [7, 11) is 1.71. The molecule has 0 aromatic heterocycles. The molecule has 1 heterocycles. The molecular weight excluding hydrogens is 497 g/mol. The van der Waals surface area contributed by atoms with Crippen molar-refractivity contribution >= 4 is 64.9 Å². The third-order valence-corrected chi connectivity index (χ3v) is 5.46. The normalized spacial score (nSPS) is 14.0. The van der Waals surface area contributed by atoms with E-state index >= 15 is 0 Å². The highest BCUT2D eigenvalue weighted by Crippen LogP contribution is 2.25. The van der Waals surface area contributed by atoms with Crippen LogP contribution in [-0.4, -0.2) is 49.4 Å². The number of anilines is 1. The summed E-state index contributed by atoms with van der Waals surface area (Å²) in [6.07, 6.45) is 3.07. The molecule has 0 aliphatic carbocycles. The molecule has 0 saturated carbocycles. The minimum Gasteiger partial charge on any atom is -0.353 e. The van der Waals surface area contributed by atoms with E-state index in [1.807, 2.05) is 0 Å². The Morgan fingerprint density at radius 2 is 1.79 bits per heavy atom. The number of amidine groups is 1. The number of carbonyl (C=O) groups excluding carboxylic acids is 2. The molecule has 3 rings (SSSR count). The second-order valence-electron chi connectivity index (χ2n) is 7.29. The first kappa shape index (κ1) is 25.5. The lowest BCUT2D eigenvalue weighted by Crippen LogP contribution is -2.24. The van der Waals surface area contributed by atoms with Gasteiger partial charge in [0, 0.05) is 35.8 Å². The van der Waals surface area contributed by atoms with Crippen LogP contribution in [0.1, 0.15) is 33.2 Å². The summed E-state index contributed by atoms with van der Waals surface area (Å²) < 4.78 is 0. The van der Waals surface area contributed by atoms with Crippen LogP contribution >= 0.6 is 34.8 Å². The standard InChI is InChI=1S/C24H22Cl3N5O2/c1-14(25)4-9-21(28-2)31-24(34)18-13-16(26)6-8-20(18)30-23(33)17-7-5-15(12-19(17)27)22(29-3)32-10-11-32/h4-9,12-13H,2,10-11H2,1,3H3,(H,30,33)(H,31,34)/b14-4+,21-9+,29-22-. The number of rotatable bonds is 7. The van der Waals surface area contributed by atoms with Crippen LogP contribution in [0.4, 0.5) is 5.69 Å². The van der Waals surface area contributed by atoms with Gasteiger partial charge in [0.15, 0.2) is 0 Å². The number of hydrogen-bond acceptors (Lipinski definition) is 4. The molecule has 1 fully saturated rings. The number of amides is 2. The second kappa shape index (κ2) is 11.3. The average Bonchev–Trinajstić information content (AvgIpc) is 3.63. The molecule has 1 saturated heterocycles. The summed E-state index contributed by atoms with van der Waals surface area (Å²) in [5.41, 5.74) is 1.46.